The molecule has 2 aliphatic rings. The van der Waals surface area contributed by atoms with Crippen LogP contribution < -0.4 is 0 Å². The van der Waals surface area contributed by atoms with Crippen LogP contribution in [0.15, 0.2) is 34.7 Å². The third-order valence-electron chi connectivity index (χ3n) is 5.45. The molecule has 0 N–H and O–H groups in total. The van der Waals surface area contributed by atoms with Crippen molar-refractivity contribution in [1.29, 1.82) is 0 Å². The lowest BCUT2D eigenvalue weighted by atomic mass is 10.1. The van der Waals surface area contributed by atoms with Crippen molar-refractivity contribution < 1.29 is 4.42 Å². The molecule has 2 heterocycles. The largest absolute Gasteiger partial charge is 0.424 e. The fraction of sp³-hybridized carbons (Fsp3) is 0.600. The van der Waals surface area contributed by atoms with Crippen molar-refractivity contribution in [2.75, 3.05) is 26.7 Å². The Hall–Kier alpha value is -1.72. The number of benzene rings is 1. The molecule has 0 amide bonds. The maximum absolute atomic E-state index is 5.80. The zero-order valence-corrected chi connectivity index (χ0v) is 15.1. The summed E-state index contributed by atoms with van der Waals surface area (Å²) in [7, 11) is 2.18. The molecule has 1 saturated carbocycles. The normalized spacial score (nSPS) is 21.3. The highest BCUT2D eigenvalue weighted by Crippen LogP contribution is 2.39. The third kappa shape index (κ3) is 4.47. The Bertz CT molecular complexity index is 667. The summed E-state index contributed by atoms with van der Waals surface area (Å²) in [6.07, 6.45) is 6.04. The summed E-state index contributed by atoms with van der Waals surface area (Å²) < 4.78 is 5.80. The average Bonchev–Trinajstić information content (AvgIpc) is 3.19. The van der Waals surface area contributed by atoms with Gasteiger partial charge in [-0.2, -0.15) is 0 Å². The second-order valence-corrected chi connectivity index (χ2v) is 7.56. The number of hydrogen-bond donors (Lipinski definition) is 0. The number of hydrogen-bond acceptors (Lipinski definition) is 5. The van der Waals surface area contributed by atoms with E-state index in [9.17, 15) is 0 Å². The fourth-order valence-electron chi connectivity index (χ4n) is 3.69. The van der Waals surface area contributed by atoms with Gasteiger partial charge in [0.05, 0.1) is 6.54 Å². The van der Waals surface area contributed by atoms with Gasteiger partial charge in [0.25, 0.3) is 0 Å². The monoisotopic (exact) mass is 340 g/mol. The summed E-state index contributed by atoms with van der Waals surface area (Å²) in [5.41, 5.74) is 1.44. The molecular formula is C20H28N4O. The first kappa shape index (κ1) is 16.7. The van der Waals surface area contributed by atoms with E-state index in [1.807, 2.05) is 0 Å². The molecule has 1 aliphatic heterocycles. The van der Waals surface area contributed by atoms with Crippen LogP contribution in [0.3, 0.4) is 0 Å². The van der Waals surface area contributed by atoms with Gasteiger partial charge in [-0.1, -0.05) is 30.3 Å². The molecule has 134 valence electrons. The molecule has 25 heavy (non-hydrogen) atoms. The first-order valence-corrected chi connectivity index (χ1v) is 9.57. The minimum Gasteiger partial charge on any atom is -0.424 e. The van der Waals surface area contributed by atoms with Crippen LogP contribution >= 0.6 is 0 Å². The van der Waals surface area contributed by atoms with E-state index in [2.05, 4.69) is 57.4 Å². The number of aryl methyl sites for hydroxylation is 1. The van der Waals surface area contributed by atoms with Gasteiger partial charge in [-0.15, -0.1) is 10.2 Å². The quantitative estimate of drug-likeness (QED) is 0.739. The van der Waals surface area contributed by atoms with Crippen LogP contribution in [-0.2, 0) is 13.0 Å². The van der Waals surface area contributed by atoms with Crippen molar-refractivity contribution in [3.8, 4) is 0 Å². The van der Waals surface area contributed by atoms with Crippen LogP contribution in [0.25, 0.3) is 0 Å². The number of aromatic nitrogens is 2. The maximum Gasteiger partial charge on any atom is 0.230 e. The molecule has 5 nitrogen and oxygen atoms in total. The Morgan fingerprint density at radius 3 is 2.80 bits per heavy atom. The van der Waals surface area contributed by atoms with E-state index in [1.54, 1.807) is 0 Å². The molecule has 0 bridgehead atoms. The lowest BCUT2D eigenvalue weighted by Gasteiger charge is -2.23. The zero-order valence-electron chi connectivity index (χ0n) is 15.1. The van der Waals surface area contributed by atoms with E-state index < -0.39 is 0 Å². The number of likely N-dealkylation sites (tertiary alicyclic amines) is 1. The third-order valence-corrected chi connectivity index (χ3v) is 5.45. The first-order chi connectivity index (χ1) is 12.3. The summed E-state index contributed by atoms with van der Waals surface area (Å²) in [6, 6.07) is 11.4. The highest BCUT2D eigenvalue weighted by Gasteiger charge is 2.30. The SMILES string of the molecule is CN(Cc1nnc(C2CC2)o1)C1CCN(CCCc2ccccc2)C1. The van der Waals surface area contributed by atoms with E-state index in [0.717, 1.165) is 24.9 Å². The topological polar surface area (TPSA) is 45.4 Å². The molecule has 4 rings (SSSR count). The standard InChI is InChI=1S/C20H28N4O/c1-23(15-19-21-22-20(25-19)17-9-10-17)18-11-13-24(14-18)12-5-8-16-6-3-2-4-7-16/h2-4,6-7,17-18H,5,8-15H2,1H3. The van der Waals surface area contributed by atoms with Crippen molar-refractivity contribution in [3.63, 3.8) is 0 Å². The predicted molar refractivity (Wildman–Crippen MR) is 97.3 cm³/mol. The molecule has 1 aromatic heterocycles. The number of rotatable bonds is 8. The minimum atomic E-state index is 0.540. The molecule has 2 aromatic rings. The van der Waals surface area contributed by atoms with Crippen molar-refractivity contribution in [3.05, 3.63) is 47.7 Å². The lowest BCUT2D eigenvalue weighted by molar-refractivity contribution is 0.205. The van der Waals surface area contributed by atoms with Crippen LogP contribution in [0.4, 0.5) is 0 Å². The van der Waals surface area contributed by atoms with Crippen LogP contribution in [0, 0.1) is 0 Å². The molecular weight excluding hydrogens is 312 g/mol. The van der Waals surface area contributed by atoms with E-state index in [0.29, 0.717) is 12.0 Å². The van der Waals surface area contributed by atoms with E-state index in [4.69, 9.17) is 4.42 Å². The Morgan fingerprint density at radius 1 is 1.16 bits per heavy atom. The first-order valence-electron chi connectivity index (χ1n) is 9.57. The molecule has 1 aromatic carbocycles. The summed E-state index contributed by atoms with van der Waals surface area (Å²) >= 11 is 0. The second-order valence-electron chi connectivity index (χ2n) is 7.56. The van der Waals surface area contributed by atoms with Gasteiger partial charge < -0.3 is 9.32 Å². The lowest BCUT2D eigenvalue weighted by Crippen LogP contribution is -2.34. The van der Waals surface area contributed by atoms with Gasteiger partial charge in [0, 0.05) is 18.5 Å². The Balaban J connectivity index is 1.20. The van der Waals surface area contributed by atoms with Gasteiger partial charge in [0.1, 0.15) is 0 Å². The number of likely N-dealkylation sites (N-methyl/N-ethyl adjacent to an activating group) is 1. The van der Waals surface area contributed by atoms with Gasteiger partial charge >= 0.3 is 0 Å². The van der Waals surface area contributed by atoms with Gasteiger partial charge in [0.2, 0.25) is 11.8 Å². The molecule has 1 unspecified atom stereocenters. The van der Waals surface area contributed by atoms with Crippen LogP contribution in [-0.4, -0.2) is 52.7 Å². The Morgan fingerprint density at radius 2 is 2.00 bits per heavy atom. The molecule has 1 atom stereocenters. The van der Waals surface area contributed by atoms with Crippen LogP contribution in [0.2, 0.25) is 0 Å². The highest BCUT2D eigenvalue weighted by atomic mass is 16.4. The van der Waals surface area contributed by atoms with Crippen LogP contribution in [0.5, 0.6) is 0 Å². The Labute approximate surface area is 150 Å². The highest BCUT2D eigenvalue weighted by molar-refractivity contribution is 5.14. The summed E-state index contributed by atoms with van der Waals surface area (Å²) in [5, 5.41) is 8.41. The molecule has 0 radical (unpaired) electrons. The van der Waals surface area contributed by atoms with Gasteiger partial charge in [0.15, 0.2) is 0 Å². The van der Waals surface area contributed by atoms with Crippen molar-refractivity contribution in [2.45, 2.75) is 50.6 Å². The summed E-state index contributed by atoms with van der Waals surface area (Å²) in [6.45, 7) is 4.30. The second kappa shape index (κ2) is 7.67. The van der Waals surface area contributed by atoms with Crippen molar-refractivity contribution >= 4 is 0 Å². The molecule has 2 fully saturated rings. The average molecular weight is 340 g/mol. The van der Waals surface area contributed by atoms with E-state index in [-0.39, 0.29) is 0 Å². The summed E-state index contributed by atoms with van der Waals surface area (Å²) in [5.74, 6) is 2.16. The van der Waals surface area contributed by atoms with Crippen molar-refractivity contribution in [2.24, 2.45) is 0 Å². The Kier molecular flexibility index (Phi) is 5.13. The molecule has 1 saturated heterocycles. The number of nitrogens with zero attached hydrogens (tertiary/aromatic N) is 4. The predicted octanol–water partition coefficient (Wildman–Crippen LogP) is 3.09. The van der Waals surface area contributed by atoms with E-state index in [1.165, 1.54) is 50.8 Å². The minimum absolute atomic E-state index is 0.540. The van der Waals surface area contributed by atoms with Crippen LogP contribution in [0.1, 0.15) is 48.9 Å². The molecule has 5 heteroatoms. The van der Waals surface area contributed by atoms with Gasteiger partial charge in [-0.3, -0.25) is 4.90 Å². The fourth-order valence-corrected chi connectivity index (χ4v) is 3.69. The van der Waals surface area contributed by atoms with Gasteiger partial charge in [-0.25, -0.2) is 0 Å². The molecule has 1 aliphatic carbocycles. The van der Waals surface area contributed by atoms with E-state index >= 15 is 0 Å². The maximum atomic E-state index is 5.80. The van der Waals surface area contributed by atoms with Gasteiger partial charge in [-0.05, 0) is 57.8 Å². The zero-order chi connectivity index (χ0) is 17.1. The molecule has 0 spiro atoms. The smallest absolute Gasteiger partial charge is 0.230 e. The van der Waals surface area contributed by atoms with Crippen molar-refractivity contribution in [1.82, 2.24) is 20.0 Å². The summed E-state index contributed by atoms with van der Waals surface area (Å²) in [4.78, 5) is 4.97.